The smallest absolute Gasteiger partial charge is 0.415 e. The van der Waals surface area contributed by atoms with Crippen LogP contribution in [-0.4, -0.2) is 59.7 Å². The van der Waals surface area contributed by atoms with Crippen LogP contribution in [0, 0.1) is 0 Å². The van der Waals surface area contributed by atoms with E-state index in [1.165, 1.54) is 21.7 Å². The summed E-state index contributed by atoms with van der Waals surface area (Å²) < 4.78 is 13.2. The first-order chi connectivity index (χ1) is 15.0. The minimum Gasteiger partial charge on any atom is -0.443 e. The Morgan fingerprint density at radius 2 is 1.88 bits per heavy atom. The van der Waals surface area contributed by atoms with E-state index < -0.39 is 20.0 Å². The number of aromatic nitrogens is 3. The molecule has 11 heteroatoms. The van der Waals surface area contributed by atoms with Crippen LogP contribution in [0.3, 0.4) is 0 Å². The predicted octanol–water partition coefficient (Wildman–Crippen LogP) is 4.65. The van der Waals surface area contributed by atoms with Gasteiger partial charge in [0.25, 0.3) is 5.91 Å². The highest BCUT2D eigenvalue weighted by atomic mass is 35.5. The number of hydrogen-bond acceptors (Lipinski definition) is 6. The molecule has 1 saturated carbocycles. The lowest BCUT2D eigenvalue weighted by atomic mass is 10.2. The Labute approximate surface area is 200 Å². The van der Waals surface area contributed by atoms with Crippen molar-refractivity contribution in [3.8, 4) is 0 Å². The number of halogens is 1. The molecule has 2 aromatic rings. The van der Waals surface area contributed by atoms with Crippen molar-refractivity contribution in [3.63, 3.8) is 0 Å². The fraction of sp³-hybridized carbons (Fsp3) is 0.636. The molecule has 2 heterocycles. The highest BCUT2D eigenvalue weighted by Gasteiger charge is 2.47. The molecule has 0 radical (unpaired) electrons. The zero-order valence-corrected chi connectivity index (χ0v) is 22.6. The van der Waals surface area contributed by atoms with E-state index in [0.717, 1.165) is 6.42 Å². The second kappa shape index (κ2) is 8.55. The predicted molar refractivity (Wildman–Crippen MR) is 131 cm³/mol. The lowest BCUT2D eigenvalue weighted by molar-refractivity contribution is 0.0587. The minimum absolute atomic E-state index is 0.0158. The first kappa shape index (κ1) is 25.4. The van der Waals surface area contributed by atoms with Gasteiger partial charge in [0.05, 0.1) is 18.3 Å². The maximum absolute atomic E-state index is 13.0. The van der Waals surface area contributed by atoms with Gasteiger partial charge in [-0.2, -0.15) is 9.61 Å². The second-order valence-electron chi connectivity index (χ2n) is 11.0. The van der Waals surface area contributed by atoms with Crippen molar-refractivity contribution >= 4 is 43.4 Å². The van der Waals surface area contributed by atoms with Crippen molar-refractivity contribution in [2.24, 2.45) is 0 Å². The molecule has 0 bridgehead atoms. The largest absolute Gasteiger partial charge is 0.443 e. The monoisotopic (exact) mass is 495 g/mol. The summed E-state index contributed by atoms with van der Waals surface area (Å²) in [5.74, 6) is 0.0285. The molecular weight excluding hydrogens is 462 g/mol. The van der Waals surface area contributed by atoms with Crippen LogP contribution in [0.15, 0.2) is 12.3 Å². The minimum atomic E-state index is -1.91. The van der Waals surface area contributed by atoms with Gasteiger partial charge < -0.3 is 14.5 Å². The molecule has 1 aliphatic rings. The van der Waals surface area contributed by atoms with Crippen molar-refractivity contribution in [1.29, 1.82) is 0 Å². The number of anilines is 1. The molecule has 1 aliphatic carbocycles. The number of fused-ring (bicyclic) bond motifs is 1. The average Bonchev–Trinajstić information content (AvgIpc) is 3.20. The first-order valence-electron chi connectivity index (χ1n) is 11.0. The molecule has 1 fully saturated rings. The molecule has 33 heavy (non-hydrogen) atoms. The van der Waals surface area contributed by atoms with E-state index in [0.29, 0.717) is 5.82 Å². The number of carbonyl (C=O) groups excluding carboxylic acids is 2. The van der Waals surface area contributed by atoms with Gasteiger partial charge in [-0.3, -0.25) is 9.69 Å². The summed E-state index contributed by atoms with van der Waals surface area (Å²) in [4.78, 5) is 31.1. The number of nitrogens with one attached hydrogen (secondary N) is 1. The Kier molecular flexibility index (Phi) is 6.60. The Bertz CT molecular complexity index is 1070. The third-order valence-electron chi connectivity index (χ3n) is 5.98. The zero-order valence-electron chi connectivity index (χ0n) is 20.8. The Balaban J connectivity index is 1.78. The number of amides is 2. The highest BCUT2D eigenvalue weighted by molar-refractivity contribution is 6.74. The Hall–Kier alpha value is -2.17. The number of nitrogens with zero attached hydrogens (tertiary/aromatic N) is 4. The van der Waals surface area contributed by atoms with Crippen LogP contribution in [0.25, 0.3) is 5.65 Å². The number of ether oxygens (including phenoxy) is 1. The van der Waals surface area contributed by atoms with Gasteiger partial charge in [-0.25, -0.2) is 9.78 Å². The van der Waals surface area contributed by atoms with E-state index in [4.69, 9.17) is 20.8 Å². The summed E-state index contributed by atoms with van der Waals surface area (Å²) in [5.41, 5.74) is -0.133. The van der Waals surface area contributed by atoms with E-state index in [1.54, 1.807) is 27.8 Å². The first-order valence-corrected chi connectivity index (χ1v) is 14.3. The average molecular weight is 496 g/mol. The van der Waals surface area contributed by atoms with E-state index in [-0.39, 0.29) is 39.5 Å². The molecule has 9 nitrogen and oxygen atoms in total. The molecule has 0 aliphatic heterocycles. The lowest BCUT2D eigenvalue weighted by Gasteiger charge is -2.36. The molecule has 2 atom stereocenters. The quantitative estimate of drug-likeness (QED) is 0.479. The molecule has 1 unspecified atom stereocenters. The van der Waals surface area contributed by atoms with Gasteiger partial charge in [0.15, 0.2) is 14.0 Å². The molecule has 2 aromatic heterocycles. The van der Waals surface area contributed by atoms with Crippen LogP contribution in [0.4, 0.5) is 10.6 Å². The summed E-state index contributed by atoms with van der Waals surface area (Å²) >= 11 is 6.22. The maximum Gasteiger partial charge on any atom is 0.415 e. The summed E-state index contributed by atoms with van der Waals surface area (Å²) in [6.07, 6.45) is 1.64. The summed E-state index contributed by atoms with van der Waals surface area (Å²) in [6.45, 7) is 16.3. The summed E-state index contributed by atoms with van der Waals surface area (Å²) in [7, 11) is -0.361. The molecule has 1 N–H and O–H groups in total. The van der Waals surface area contributed by atoms with Crippen molar-refractivity contribution in [2.45, 2.75) is 83.8 Å². The second-order valence-corrected chi connectivity index (χ2v) is 16.1. The highest BCUT2D eigenvalue weighted by Crippen LogP contribution is 2.41. The standard InChI is InChI=1S/C22H34ClN5O4Si/c1-21(2,3)31-20(30)27(7)17-11-16(23)26-18-13(12-24-28(17)18)19(29)25-14-10-15(14)32-33(8,9)22(4,5)6/h11-12,14-15H,10H2,1-9H3,(H,25,29)/t14-,15?/m0/s1. The lowest BCUT2D eigenvalue weighted by Crippen LogP contribution is -2.42. The van der Waals surface area contributed by atoms with Crippen molar-refractivity contribution < 1.29 is 18.8 Å². The molecule has 182 valence electrons. The molecule has 0 saturated heterocycles. The normalized spacial score (nSPS) is 18.8. The van der Waals surface area contributed by atoms with Crippen molar-refractivity contribution in [1.82, 2.24) is 19.9 Å². The number of hydrogen-bond donors (Lipinski definition) is 1. The Morgan fingerprint density at radius 3 is 2.45 bits per heavy atom. The third-order valence-corrected chi connectivity index (χ3v) is 10.7. The molecule has 0 aromatic carbocycles. The Morgan fingerprint density at radius 1 is 1.24 bits per heavy atom. The van der Waals surface area contributed by atoms with E-state index in [9.17, 15) is 9.59 Å². The maximum atomic E-state index is 13.0. The van der Waals surface area contributed by atoms with Gasteiger partial charge in [0, 0.05) is 13.1 Å². The van der Waals surface area contributed by atoms with Gasteiger partial charge in [-0.15, -0.1) is 0 Å². The third kappa shape index (κ3) is 5.67. The van der Waals surface area contributed by atoms with Gasteiger partial charge in [0.2, 0.25) is 0 Å². The van der Waals surface area contributed by atoms with Crippen LogP contribution in [-0.2, 0) is 9.16 Å². The molecule has 2 amide bonds. The van der Waals surface area contributed by atoms with Crippen LogP contribution in [0.5, 0.6) is 0 Å². The van der Waals surface area contributed by atoms with Gasteiger partial charge >= 0.3 is 6.09 Å². The topological polar surface area (TPSA) is 98.1 Å². The fourth-order valence-corrected chi connectivity index (χ4v) is 4.55. The van der Waals surface area contributed by atoms with E-state index in [2.05, 4.69) is 49.3 Å². The molecular formula is C22H34ClN5O4Si. The van der Waals surface area contributed by atoms with Gasteiger partial charge in [-0.1, -0.05) is 32.4 Å². The van der Waals surface area contributed by atoms with Crippen molar-refractivity contribution in [2.75, 3.05) is 11.9 Å². The number of rotatable bonds is 5. The summed E-state index contributed by atoms with van der Waals surface area (Å²) in [5, 5.41) is 7.52. The van der Waals surface area contributed by atoms with E-state index >= 15 is 0 Å². The van der Waals surface area contributed by atoms with E-state index in [1.807, 2.05) is 0 Å². The SMILES string of the molecule is CN(C(=O)OC(C)(C)C)c1cc(Cl)nc2c(C(=O)N[C@H]3CC3O[Si](C)(C)C(C)(C)C)cnn12. The molecule has 3 rings (SSSR count). The van der Waals surface area contributed by atoms with Crippen LogP contribution < -0.4 is 10.2 Å². The van der Waals surface area contributed by atoms with Gasteiger partial charge in [0.1, 0.15) is 22.1 Å². The van der Waals surface area contributed by atoms with Crippen molar-refractivity contribution in [3.05, 3.63) is 23.0 Å². The van der Waals surface area contributed by atoms with Crippen LogP contribution in [0.1, 0.15) is 58.3 Å². The fourth-order valence-electron chi connectivity index (χ4n) is 3.00. The van der Waals surface area contributed by atoms with Gasteiger partial charge in [-0.05, 0) is 45.3 Å². The molecule has 0 spiro atoms. The van der Waals surface area contributed by atoms with Crippen LogP contribution in [0.2, 0.25) is 23.3 Å². The number of carbonyl (C=O) groups is 2. The zero-order chi connectivity index (χ0) is 24.9. The summed E-state index contributed by atoms with van der Waals surface area (Å²) in [6, 6.07) is 1.45. The van der Waals surface area contributed by atoms with Crippen LogP contribution >= 0.6 is 11.6 Å².